The van der Waals surface area contributed by atoms with E-state index in [2.05, 4.69) is 6.58 Å². The van der Waals surface area contributed by atoms with Gasteiger partial charge in [0.15, 0.2) is 0 Å². The summed E-state index contributed by atoms with van der Waals surface area (Å²) in [6, 6.07) is 0. The third-order valence-electron chi connectivity index (χ3n) is 2.98. The van der Waals surface area contributed by atoms with Gasteiger partial charge in [0.25, 0.3) is 0 Å². The summed E-state index contributed by atoms with van der Waals surface area (Å²) in [5.74, 6) is -0.453. The number of unbranched alkanes of at least 4 members (excludes halogenated alkanes) is 1. The first-order valence-corrected chi connectivity index (χ1v) is 6.22. The van der Waals surface area contributed by atoms with Gasteiger partial charge >= 0.3 is 5.97 Å². The Kier molecular flexibility index (Phi) is 8.62. The number of hydrogen-bond acceptors (Lipinski definition) is 5. The summed E-state index contributed by atoms with van der Waals surface area (Å²) < 4.78 is 4.98. The second kappa shape index (κ2) is 9.08. The molecule has 0 saturated carbocycles. The first-order chi connectivity index (χ1) is 8.55. The SMILES string of the molecule is C=C(CCC(CO)(CO)CO)C(=O)OCCCC. The summed E-state index contributed by atoms with van der Waals surface area (Å²) in [6.45, 7) is 4.99. The average Bonchev–Trinajstić information content (AvgIpc) is 2.40. The fourth-order valence-corrected chi connectivity index (χ4v) is 1.32. The molecule has 0 spiro atoms. The lowest BCUT2D eigenvalue weighted by Crippen LogP contribution is -2.34. The highest BCUT2D eigenvalue weighted by Gasteiger charge is 2.28. The zero-order valence-electron chi connectivity index (χ0n) is 11.0. The van der Waals surface area contributed by atoms with E-state index in [1.54, 1.807) is 0 Å². The van der Waals surface area contributed by atoms with Gasteiger partial charge in [-0.25, -0.2) is 4.79 Å². The van der Waals surface area contributed by atoms with Crippen molar-refractivity contribution in [1.29, 1.82) is 0 Å². The number of hydrogen-bond donors (Lipinski definition) is 3. The molecule has 0 rings (SSSR count). The summed E-state index contributed by atoms with van der Waals surface area (Å²) in [5.41, 5.74) is -0.669. The van der Waals surface area contributed by atoms with Crippen molar-refractivity contribution in [3.63, 3.8) is 0 Å². The first-order valence-electron chi connectivity index (χ1n) is 6.22. The van der Waals surface area contributed by atoms with E-state index in [0.717, 1.165) is 12.8 Å². The predicted octanol–water partition coefficient (Wildman–Crippen LogP) is 0.629. The third-order valence-corrected chi connectivity index (χ3v) is 2.98. The summed E-state index contributed by atoms with van der Waals surface area (Å²) in [4.78, 5) is 11.5. The zero-order chi connectivity index (χ0) is 14.0. The molecule has 5 nitrogen and oxygen atoms in total. The monoisotopic (exact) mass is 260 g/mol. The largest absolute Gasteiger partial charge is 0.462 e. The van der Waals surface area contributed by atoms with Gasteiger partial charge in [-0.1, -0.05) is 19.9 Å². The van der Waals surface area contributed by atoms with Crippen molar-refractivity contribution in [2.45, 2.75) is 32.6 Å². The van der Waals surface area contributed by atoms with Crippen LogP contribution in [0, 0.1) is 5.41 Å². The van der Waals surface area contributed by atoms with Crippen LogP contribution in [0.25, 0.3) is 0 Å². The Morgan fingerprint density at radius 2 is 1.78 bits per heavy atom. The molecule has 5 heteroatoms. The molecule has 0 bridgehead atoms. The maximum Gasteiger partial charge on any atom is 0.333 e. The highest BCUT2D eigenvalue weighted by atomic mass is 16.5. The van der Waals surface area contributed by atoms with Crippen molar-refractivity contribution in [3.05, 3.63) is 12.2 Å². The minimum Gasteiger partial charge on any atom is -0.462 e. The van der Waals surface area contributed by atoms with Crippen molar-refractivity contribution in [2.75, 3.05) is 26.4 Å². The number of esters is 1. The zero-order valence-corrected chi connectivity index (χ0v) is 11.0. The molecule has 3 N–H and O–H groups in total. The molecule has 0 aromatic heterocycles. The predicted molar refractivity (Wildman–Crippen MR) is 67.9 cm³/mol. The fraction of sp³-hybridized carbons (Fsp3) is 0.769. The minimum absolute atomic E-state index is 0.284. The molecule has 0 aromatic rings. The molecule has 0 unspecified atom stereocenters. The van der Waals surface area contributed by atoms with E-state index in [4.69, 9.17) is 20.1 Å². The van der Waals surface area contributed by atoms with Crippen molar-refractivity contribution in [2.24, 2.45) is 5.41 Å². The van der Waals surface area contributed by atoms with Crippen LogP contribution in [0.3, 0.4) is 0 Å². The molecular weight excluding hydrogens is 236 g/mol. The highest BCUT2D eigenvalue weighted by molar-refractivity contribution is 5.87. The Hall–Kier alpha value is -0.910. The molecule has 18 heavy (non-hydrogen) atoms. The molecule has 106 valence electrons. The maximum absolute atomic E-state index is 11.5. The second-order valence-corrected chi connectivity index (χ2v) is 4.57. The van der Waals surface area contributed by atoms with Crippen molar-refractivity contribution in [1.82, 2.24) is 0 Å². The average molecular weight is 260 g/mol. The molecule has 0 aliphatic rings. The Bertz CT molecular complexity index is 250. The molecule has 0 heterocycles. The van der Waals surface area contributed by atoms with E-state index >= 15 is 0 Å². The van der Waals surface area contributed by atoms with Gasteiger partial charge < -0.3 is 20.1 Å². The van der Waals surface area contributed by atoms with Gasteiger partial charge in [-0.2, -0.15) is 0 Å². The molecule has 0 atom stereocenters. The van der Waals surface area contributed by atoms with Gasteiger partial charge in [-0.3, -0.25) is 0 Å². The van der Waals surface area contributed by atoms with E-state index in [1.165, 1.54) is 0 Å². The number of aliphatic hydroxyl groups is 3. The smallest absolute Gasteiger partial charge is 0.333 e. The van der Waals surface area contributed by atoms with E-state index in [9.17, 15) is 4.79 Å². The lowest BCUT2D eigenvalue weighted by Gasteiger charge is -2.27. The summed E-state index contributed by atoms with van der Waals surface area (Å²) in [7, 11) is 0. The Morgan fingerprint density at radius 3 is 2.22 bits per heavy atom. The number of carbonyl (C=O) groups excluding carboxylic acids is 1. The maximum atomic E-state index is 11.5. The van der Waals surface area contributed by atoms with Crippen LogP contribution in [0.4, 0.5) is 0 Å². The van der Waals surface area contributed by atoms with E-state index < -0.39 is 11.4 Å². The van der Waals surface area contributed by atoms with Crippen molar-refractivity contribution in [3.8, 4) is 0 Å². The van der Waals surface area contributed by atoms with Crippen molar-refractivity contribution < 1.29 is 24.9 Å². The van der Waals surface area contributed by atoms with Crippen LogP contribution in [-0.4, -0.2) is 47.7 Å². The van der Waals surface area contributed by atoms with Crippen LogP contribution < -0.4 is 0 Å². The lowest BCUT2D eigenvalue weighted by atomic mass is 9.84. The quantitative estimate of drug-likeness (QED) is 0.305. The molecule has 0 aliphatic carbocycles. The van der Waals surface area contributed by atoms with Crippen LogP contribution in [-0.2, 0) is 9.53 Å². The highest BCUT2D eigenvalue weighted by Crippen LogP contribution is 2.24. The summed E-state index contributed by atoms with van der Waals surface area (Å²) in [6.07, 6.45) is 2.33. The first kappa shape index (κ1) is 17.1. The summed E-state index contributed by atoms with van der Waals surface area (Å²) in [5, 5.41) is 27.4. The molecule has 0 amide bonds. The number of ether oxygens (including phenoxy) is 1. The van der Waals surface area contributed by atoms with Gasteiger partial charge in [-0.15, -0.1) is 0 Å². The fourth-order valence-electron chi connectivity index (χ4n) is 1.32. The lowest BCUT2D eigenvalue weighted by molar-refractivity contribution is -0.139. The van der Waals surface area contributed by atoms with Crippen LogP contribution in [0.1, 0.15) is 32.6 Å². The van der Waals surface area contributed by atoms with Crippen molar-refractivity contribution >= 4 is 5.97 Å². The molecule has 0 radical (unpaired) electrons. The number of carbonyl (C=O) groups is 1. The standard InChI is InChI=1S/C13H24O5/c1-3-4-7-18-12(17)11(2)5-6-13(8-14,9-15)10-16/h14-16H,2-10H2,1H3. The Balaban J connectivity index is 4.11. The molecule has 0 aromatic carbocycles. The van der Waals surface area contributed by atoms with E-state index in [1.807, 2.05) is 6.92 Å². The van der Waals surface area contributed by atoms with Gasteiger partial charge in [0, 0.05) is 11.0 Å². The molecular formula is C13H24O5. The number of rotatable bonds is 10. The van der Waals surface area contributed by atoms with E-state index in [0.29, 0.717) is 12.2 Å². The third kappa shape index (κ3) is 5.62. The minimum atomic E-state index is -0.966. The molecule has 0 fully saturated rings. The summed E-state index contributed by atoms with van der Waals surface area (Å²) >= 11 is 0. The van der Waals surface area contributed by atoms with Gasteiger partial charge in [0.05, 0.1) is 26.4 Å². The Labute approximate surface area is 108 Å². The van der Waals surface area contributed by atoms with Crippen LogP contribution in [0.15, 0.2) is 12.2 Å². The van der Waals surface area contributed by atoms with E-state index in [-0.39, 0.29) is 32.7 Å². The van der Waals surface area contributed by atoms with Crippen LogP contribution in [0.5, 0.6) is 0 Å². The topological polar surface area (TPSA) is 87.0 Å². The van der Waals surface area contributed by atoms with Gasteiger partial charge in [-0.05, 0) is 19.3 Å². The van der Waals surface area contributed by atoms with Crippen LogP contribution >= 0.6 is 0 Å². The second-order valence-electron chi connectivity index (χ2n) is 4.57. The molecule has 0 aliphatic heterocycles. The van der Waals surface area contributed by atoms with Crippen LogP contribution in [0.2, 0.25) is 0 Å². The Morgan fingerprint density at radius 1 is 1.22 bits per heavy atom. The molecule has 0 saturated heterocycles. The number of aliphatic hydroxyl groups excluding tert-OH is 3. The normalized spacial score (nSPS) is 11.3. The van der Waals surface area contributed by atoms with Gasteiger partial charge in [0.1, 0.15) is 0 Å². The van der Waals surface area contributed by atoms with Gasteiger partial charge in [0.2, 0.25) is 0 Å².